The van der Waals surface area contributed by atoms with Crippen molar-refractivity contribution in [3.8, 4) is 11.7 Å². The number of benzene rings is 3. The molecular formula is C47H49FN6O8S. The molecule has 0 spiro atoms. The molecule has 3 fully saturated rings. The molecule has 4 aliphatic rings. The fourth-order valence-corrected chi connectivity index (χ4v) is 11.5. The topological polar surface area (TPSA) is 172 Å². The van der Waals surface area contributed by atoms with Crippen molar-refractivity contribution in [2.75, 3.05) is 26.4 Å². The van der Waals surface area contributed by atoms with Gasteiger partial charge >= 0.3 is 11.8 Å². The zero-order valence-electron chi connectivity index (χ0n) is 35.6. The maximum Gasteiger partial charge on any atom is 0.438 e. The van der Waals surface area contributed by atoms with E-state index in [1.165, 1.54) is 10.1 Å². The minimum absolute atomic E-state index is 0.00580. The number of ether oxygens (including phenoxy) is 2. The largest absolute Gasteiger partial charge is 0.464 e. The van der Waals surface area contributed by atoms with Crippen molar-refractivity contribution in [1.82, 2.24) is 29.2 Å². The molecule has 0 radical (unpaired) electrons. The second kappa shape index (κ2) is 15.4. The first-order valence-corrected chi connectivity index (χ1v) is 23.3. The number of hydrogen-bond acceptors (Lipinski definition) is 10. The number of aromatic amines is 1. The Kier molecular flexibility index (Phi) is 10.1. The summed E-state index contributed by atoms with van der Waals surface area (Å²) in [5, 5.41) is 4.71. The zero-order chi connectivity index (χ0) is 43.9. The van der Waals surface area contributed by atoms with E-state index >= 15 is 4.79 Å². The average Bonchev–Trinajstić information content (AvgIpc) is 4.17. The molecule has 3 aromatic carbocycles. The number of amides is 1. The Bertz CT molecular complexity index is 3010. The minimum atomic E-state index is -3.33. The molecule has 5 heterocycles. The summed E-state index contributed by atoms with van der Waals surface area (Å²) in [5.74, 6) is -0.616. The number of carbonyl (C=O) groups is 1. The van der Waals surface area contributed by atoms with Crippen molar-refractivity contribution in [3.05, 3.63) is 132 Å². The van der Waals surface area contributed by atoms with Gasteiger partial charge < -0.3 is 18.9 Å². The summed E-state index contributed by atoms with van der Waals surface area (Å²) in [7, 11) is -3.33. The molecule has 14 nitrogen and oxygen atoms in total. The van der Waals surface area contributed by atoms with Gasteiger partial charge in [-0.3, -0.25) is 19.1 Å². The standard InChI is InChI=1S/C47H49FN6O8S/c1-26-21-34(22-27(2)40(26)48)53-42(55)37-13-17-52(29(4)41(37)49-45(53)61-20-14-30-5-8-35(9-6-30)63(58,59)36-10-11-36)43(56)39-24-33-23-32(31-15-18-60-19-16-31)7-12-38(33)54(39)47(25-28(47)3)44-50-46(57)62-51-44/h5-9,12,21-24,28-29,31,36H,10-11,13-20,25H2,1-4H3,(H,50,51,57). The normalized spacial score (nSPS) is 21.4. The van der Waals surface area contributed by atoms with Crippen LogP contribution < -0.4 is 16.1 Å². The van der Waals surface area contributed by atoms with Crippen LogP contribution >= 0.6 is 0 Å². The van der Waals surface area contributed by atoms with Crippen molar-refractivity contribution in [2.45, 2.75) is 100 Å². The molecule has 3 unspecified atom stereocenters. The average molecular weight is 877 g/mol. The minimum Gasteiger partial charge on any atom is -0.464 e. The fourth-order valence-electron chi connectivity index (χ4n) is 9.86. The summed E-state index contributed by atoms with van der Waals surface area (Å²) in [6.45, 7) is 8.88. The van der Waals surface area contributed by atoms with Gasteiger partial charge in [-0.1, -0.05) is 30.3 Å². The van der Waals surface area contributed by atoms with Gasteiger partial charge in [0.15, 0.2) is 15.7 Å². The quantitative estimate of drug-likeness (QED) is 0.149. The van der Waals surface area contributed by atoms with E-state index in [1.54, 1.807) is 55.1 Å². The van der Waals surface area contributed by atoms with E-state index in [0.29, 0.717) is 89.3 Å². The van der Waals surface area contributed by atoms with E-state index in [0.717, 1.165) is 29.3 Å². The van der Waals surface area contributed by atoms with Crippen molar-refractivity contribution in [3.63, 3.8) is 0 Å². The third-order valence-electron chi connectivity index (χ3n) is 13.7. The fraction of sp³-hybridized carbons (Fsp3) is 0.426. The number of sulfone groups is 1. The molecule has 1 amide bonds. The summed E-state index contributed by atoms with van der Waals surface area (Å²) in [5.41, 5.74) is 4.00. The van der Waals surface area contributed by atoms with E-state index in [2.05, 4.69) is 29.2 Å². The van der Waals surface area contributed by atoms with Gasteiger partial charge in [-0.05, 0) is 136 Å². The number of aryl methyl sites for hydroxylation is 2. The number of aromatic nitrogens is 5. The molecule has 0 bridgehead atoms. The maximum atomic E-state index is 15.2. The molecule has 3 atom stereocenters. The van der Waals surface area contributed by atoms with E-state index in [4.69, 9.17) is 19.0 Å². The Hall–Kier alpha value is -5.87. The molecule has 10 rings (SSSR count). The van der Waals surface area contributed by atoms with E-state index in [1.807, 2.05) is 23.6 Å². The summed E-state index contributed by atoms with van der Waals surface area (Å²) in [6, 6.07) is 17.5. The van der Waals surface area contributed by atoms with Crippen LogP contribution in [0.4, 0.5) is 4.39 Å². The maximum absolute atomic E-state index is 15.2. The van der Waals surface area contributed by atoms with E-state index in [-0.39, 0.29) is 54.0 Å². The second-order valence-electron chi connectivity index (χ2n) is 17.7. The molecule has 2 aliphatic carbocycles. The lowest BCUT2D eigenvalue weighted by Crippen LogP contribution is -2.44. The van der Waals surface area contributed by atoms with Crippen LogP contribution in [0.25, 0.3) is 16.6 Å². The molecule has 63 heavy (non-hydrogen) atoms. The molecular weight excluding hydrogens is 828 g/mol. The highest BCUT2D eigenvalue weighted by Gasteiger charge is 2.59. The summed E-state index contributed by atoms with van der Waals surface area (Å²) >= 11 is 0. The zero-order valence-corrected chi connectivity index (χ0v) is 36.5. The molecule has 6 aromatic rings. The number of nitrogens with one attached hydrogen (secondary N) is 1. The van der Waals surface area contributed by atoms with Gasteiger partial charge in [0.25, 0.3) is 11.5 Å². The number of nitrogens with zero attached hydrogens (tertiary/aromatic N) is 5. The van der Waals surface area contributed by atoms with Gasteiger partial charge in [-0.15, -0.1) is 0 Å². The summed E-state index contributed by atoms with van der Waals surface area (Å²) < 4.78 is 60.8. The third-order valence-corrected chi connectivity index (χ3v) is 16.0. The monoisotopic (exact) mass is 876 g/mol. The Balaban J connectivity index is 1.02. The van der Waals surface area contributed by atoms with Gasteiger partial charge in [-0.25, -0.2) is 22.2 Å². The predicted molar refractivity (Wildman–Crippen MR) is 231 cm³/mol. The van der Waals surface area contributed by atoms with Crippen LogP contribution in [-0.4, -0.2) is 75.1 Å². The van der Waals surface area contributed by atoms with Gasteiger partial charge in [0.2, 0.25) is 0 Å². The molecule has 3 aromatic heterocycles. The van der Waals surface area contributed by atoms with Crippen molar-refractivity contribution >= 4 is 26.6 Å². The number of fused-ring (bicyclic) bond motifs is 2. The lowest BCUT2D eigenvalue weighted by molar-refractivity contribution is 0.0656. The van der Waals surface area contributed by atoms with E-state index in [9.17, 15) is 22.4 Å². The Morgan fingerprint density at radius 1 is 0.984 bits per heavy atom. The van der Waals surface area contributed by atoms with Crippen molar-refractivity contribution in [2.24, 2.45) is 5.92 Å². The number of hydrogen-bond donors (Lipinski definition) is 1. The molecule has 1 saturated heterocycles. The predicted octanol–water partition coefficient (Wildman–Crippen LogP) is 6.61. The van der Waals surface area contributed by atoms with Crippen LogP contribution in [-0.2, 0) is 33.0 Å². The van der Waals surface area contributed by atoms with Crippen LogP contribution in [0.15, 0.2) is 79.7 Å². The number of H-pyrrole nitrogens is 1. The summed E-state index contributed by atoms with van der Waals surface area (Å²) in [4.78, 5) is 52.0. The van der Waals surface area contributed by atoms with Crippen molar-refractivity contribution < 1.29 is 31.6 Å². The van der Waals surface area contributed by atoms with Crippen LogP contribution in [0.2, 0.25) is 0 Å². The van der Waals surface area contributed by atoms with Gasteiger partial charge in [0, 0.05) is 42.6 Å². The highest BCUT2D eigenvalue weighted by molar-refractivity contribution is 7.92. The van der Waals surface area contributed by atoms with E-state index < -0.39 is 27.2 Å². The highest BCUT2D eigenvalue weighted by atomic mass is 32.2. The second-order valence-corrected chi connectivity index (χ2v) is 20.0. The number of rotatable bonds is 11. The van der Waals surface area contributed by atoms with Crippen LogP contribution in [0, 0.1) is 25.6 Å². The first-order valence-electron chi connectivity index (χ1n) is 21.8. The molecule has 1 N–H and O–H groups in total. The summed E-state index contributed by atoms with van der Waals surface area (Å²) in [6.07, 6.45) is 4.39. The third kappa shape index (κ3) is 7.01. The van der Waals surface area contributed by atoms with Crippen LogP contribution in [0.3, 0.4) is 0 Å². The molecule has 16 heteroatoms. The SMILES string of the molecule is Cc1cc(-n2c(OCCc3ccc(S(=O)(=O)C4CC4)cc3)nc3c(c2=O)CCN(C(=O)c2cc4cc(C5CCOCC5)ccc4n2C2(c4noc(=O)[nH]4)CC2C)C3C)cc(C)c1F. The Morgan fingerprint density at radius 2 is 1.70 bits per heavy atom. The van der Waals surface area contributed by atoms with Gasteiger partial charge in [0.05, 0.1) is 34.2 Å². The molecule has 328 valence electrons. The molecule has 2 saturated carbocycles. The lowest BCUT2D eigenvalue weighted by Gasteiger charge is -2.35. The first-order chi connectivity index (χ1) is 30.3. The van der Waals surface area contributed by atoms with Crippen LogP contribution in [0.1, 0.15) is 108 Å². The lowest BCUT2D eigenvalue weighted by atomic mass is 9.91. The van der Waals surface area contributed by atoms with Gasteiger partial charge in [0.1, 0.15) is 17.1 Å². The number of carbonyl (C=O) groups excluding carboxylic acids is 1. The number of halogens is 1. The Morgan fingerprint density at radius 3 is 2.35 bits per heavy atom. The highest BCUT2D eigenvalue weighted by Crippen LogP contribution is 2.56. The van der Waals surface area contributed by atoms with Crippen molar-refractivity contribution in [1.29, 1.82) is 0 Å². The molecule has 2 aliphatic heterocycles. The van der Waals surface area contributed by atoms with Gasteiger partial charge in [-0.2, -0.15) is 4.98 Å². The van der Waals surface area contributed by atoms with Crippen LogP contribution in [0.5, 0.6) is 6.01 Å². The Labute approximate surface area is 362 Å². The first kappa shape index (κ1) is 41.2. The smallest absolute Gasteiger partial charge is 0.438 e.